The van der Waals surface area contributed by atoms with Crippen molar-refractivity contribution in [2.75, 3.05) is 13.2 Å². The number of hydrogen-bond donors (Lipinski definition) is 0. The third-order valence-corrected chi connectivity index (χ3v) is 4.51. The quantitative estimate of drug-likeness (QED) is 0.472. The third-order valence-electron chi connectivity index (χ3n) is 4.51. The molecule has 0 saturated carbocycles. The largest absolute Gasteiger partial charge is 0.464 e. The molecule has 168 valence electrons. The van der Waals surface area contributed by atoms with E-state index in [4.69, 9.17) is 18.9 Å². The van der Waals surface area contributed by atoms with Gasteiger partial charge in [0.05, 0.1) is 6.54 Å². The summed E-state index contributed by atoms with van der Waals surface area (Å²) in [6, 6.07) is 7.27. The summed E-state index contributed by atoms with van der Waals surface area (Å²) in [5.74, 6) is -3.17. The molecular weight excluding hydrogens is 410 g/mol. The maximum atomic E-state index is 13.2. The topological polar surface area (TPSA) is 126 Å². The van der Waals surface area contributed by atoms with Gasteiger partial charge in [-0.25, -0.2) is 0 Å². The van der Waals surface area contributed by atoms with E-state index in [0.717, 1.165) is 13.8 Å². The summed E-state index contributed by atoms with van der Waals surface area (Å²) in [6.45, 7) is 4.16. The van der Waals surface area contributed by atoms with E-state index in [0.29, 0.717) is 5.56 Å². The molecule has 31 heavy (non-hydrogen) atoms. The second-order valence-corrected chi connectivity index (χ2v) is 6.99. The number of amides is 1. The first-order valence-corrected chi connectivity index (χ1v) is 9.61. The molecule has 0 N–H and O–H groups in total. The van der Waals surface area contributed by atoms with Crippen LogP contribution in [0.4, 0.5) is 0 Å². The number of likely N-dealkylation sites (tertiary alicyclic amines) is 1. The molecule has 0 radical (unpaired) electrons. The van der Waals surface area contributed by atoms with Gasteiger partial charge in [0.2, 0.25) is 0 Å². The number of rotatable bonds is 6. The van der Waals surface area contributed by atoms with E-state index in [9.17, 15) is 24.0 Å². The summed E-state index contributed by atoms with van der Waals surface area (Å²) in [5.41, 5.74) is 0.324. The first-order valence-electron chi connectivity index (χ1n) is 9.61. The van der Waals surface area contributed by atoms with Crippen LogP contribution in [0.25, 0.3) is 0 Å². The SMILES string of the molecule is CC(=O)OC[C@@H]1[C@@H](OC(C)=O)[C@H](OC(C)=O)[C@@H](OC(C)=O)CN1C(=O)c1ccccc1. The van der Waals surface area contributed by atoms with Gasteiger partial charge in [-0.3, -0.25) is 24.0 Å². The lowest BCUT2D eigenvalue weighted by Crippen LogP contribution is -2.66. The normalized spacial score (nSPS) is 22.8. The van der Waals surface area contributed by atoms with Crippen molar-refractivity contribution in [1.29, 1.82) is 0 Å². The molecule has 0 aromatic heterocycles. The molecule has 0 aliphatic carbocycles. The second kappa shape index (κ2) is 10.6. The van der Waals surface area contributed by atoms with Gasteiger partial charge >= 0.3 is 23.9 Å². The predicted molar refractivity (Wildman–Crippen MR) is 105 cm³/mol. The predicted octanol–water partition coefficient (Wildman–Crippen LogP) is 0.869. The van der Waals surface area contributed by atoms with Gasteiger partial charge in [0.1, 0.15) is 12.6 Å². The van der Waals surface area contributed by atoms with Gasteiger partial charge in [-0.15, -0.1) is 0 Å². The van der Waals surface area contributed by atoms with E-state index in [2.05, 4.69) is 0 Å². The van der Waals surface area contributed by atoms with E-state index >= 15 is 0 Å². The highest BCUT2D eigenvalue weighted by atomic mass is 16.6. The number of carbonyl (C=O) groups excluding carboxylic acids is 5. The van der Waals surface area contributed by atoms with Gasteiger partial charge in [-0.2, -0.15) is 0 Å². The van der Waals surface area contributed by atoms with Gasteiger partial charge in [-0.05, 0) is 12.1 Å². The minimum absolute atomic E-state index is 0.172. The minimum atomic E-state index is -1.24. The van der Waals surface area contributed by atoms with Crippen LogP contribution in [0.2, 0.25) is 0 Å². The lowest BCUT2D eigenvalue weighted by atomic mass is 9.92. The molecular formula is C21H25NO9. The van der Waals surface area contributed by atoms with Crippen LogP contribution in [0, 0.1) is 0 Å². The molecule has 1 aliphatic heterocycles. The van der Waals surface area contributed by atoms with Crippen LogP contribution in [0.15, 0.2) is 30.3 Å². The Labute approximate surface area is 179 Å². The van der Waals surface area contributed by atoms with Crippen molar-refractivity contribution in [3.63, 3.8) is 0 Å². The summed E-state index contributed by atoms with van der Waals surface area (Å²) in [4.78, 5) is 61.2. The number of piperidine rings is 1. The monoisotopic (exact) mass is 435 g/mol. The molecule has 1 fully saturated rings. The van der Waals surface area contributed by atoms with Crippen molar-refractivity contribution < 1.29 is 42.9 Å². The fourth-order valence-corrected chi connectivity index (χ4v) is 3.40. The van der Waals surface area contributed by atoms with Crippen LogP contribution >= 0.6 is 0 Å². The van der Waals surface area contributed by atoms with E-state index in [1.54, 1.807) is 30.3 Å². The van der Waals surface area contributed by atoms with Crippen molar-refractivity contribution >= 4 is 29.8 Å². The Hall–Kier alpha value is -3.43. The van der Waals surface area contributed by atoms with E-state index in [1.807, 2.05) is 0 Å². The van der Waals surface area contributed by atoms with Crippen LogP contribution in [0.3, 0.4) is 0 Å². The molecule has 0 unspecified atom stereocenters. The number of carbonyl (C=O) groups is 5. The van der Waals surface area contributed by atoms with Crippen LogP contribution in [0.5, 0.6) is 0 Å². The zero-order valence-electron chi connectivity index (χ0n) is 17.7. The van der Waals surface area contributed by atoms with Crippen molar-refractivity contribution in [3.8, 4) is 0 Å². The van der Waals surface area contributed by atoms with Gasteiger partial charge < -0.3 is 23.8 Å². The van der Waals surface area contributed by atoms with Crippen LogP contribution in [-0.4, -0.2) is 72.2 Å². The first kappa shape index (κ1) is 23.8. The highest BCUT2D eigenvalue weighted by Gasteiger charge is 2.51. The van der Waals surface area contributed by atoms with Crippen molar-refractivity contribution in [2.24, 2.45) is 0 Å². The number of benzene rings is 1. The molecule has 1 aliphatic rings. The maximum absolute atomic E-state index is 13.2. The van der Waals surface area contributed by atoms with E-state index in [-0.39, 0.29) is 13.2 Å². The van der Waals surface area contributed by atoms with Crippen molar-refractivity contribution in [3.05, 3.63) is 35.9 Å². The van der Waals surface area contributed by atoms with Crippen LogP contribution in [0.1, 0.15) is 38.1 Å². The molecule has 4 atom stereocenters. The van der Waals surface area contributed by atoms with Gasteiger partial charge in [0.15, 0.2) is 18.3 Å². The maximum Gasteiger partial charge on any atom is 0.303 e. The molecule has 10 nitrogen and oxygen atoms in total. The Bertz CT molecular complexity index is 839. The first-order chi connectivity index (χ1) is 14.6. The smallest absolute Gasteiger partial charge is 0.303 e. The fraction of sp³-hybridized carbons (Fsp3) is 0.476. The highest BCUT2D eigenvalue weighted by molar-refractivity contribution is 5.94. The molecule has 0 bridgehead atoms. The average molecular weight is 435 g/mol. The average Bonchev–Trinajstić information content (AvgIpc) is 2.68. The van der Waals surface area contributed by atoms with Crippen LogP contribution < -0.4 is 0 Å². The molecule has 1 heterocycles. The molecule has 1 saturated heterocycles. The van der Waals surface area contributed by atoms with Gasteiger partial charge in [0.25, 0.3) is 5.91 Å². The lowest BCUT2D eigenvalue weighted by Gasteiger charge is -2.46. The Morgan fingerprint density at radius 3 is 1.87 bits per heavy atom. The summed E-state index contributed by atoms with van der Waals surface area (Å²) < 4.78 is 21.1. The van der Waals surface area contributed by atoms with Crippen molar-refractivity contribution in [1.82, 2.24) is 4.90 Å². The Balaban J connectivity index is 2.52. The van der Waals surface area contributed by atoms with E-state index < -0.39 is 54.1 Å². The second-order valence-electron chi connectivity index (χ2n) is 6.99. The highest BCUT2D eigenvalue weighted by Crippen LogP contribution is 2.28. The van der Waals surface area contributed by atoms with E-state index in [1.165, 1.54) is 18.7 Å². The van der Waals surface area contributed by atoms with Crippen LogP contribution in [-0.2, 0) is 38.1 Å². The summed E-state index contributed by atoms with van der Waals surface area (Å²) in [6.07, 6.45) is -3.55. The Morgan fingerprint density at radius 2 is 1.35 bits per heavy atom. The summed E-state index contributed by atoms with van der Waals surface area (Å²) in [7, 11) is 0. The lowest BCUT2D eigenvalue weighted by molar-refractivity contribution is -0.203. The Kier molecular flexibility index (Phi) is 8.12. The Morgan fingerprint density at radius 1 is 0.806 bits per heavy atom. The number of esters is 4. The third kappa shape index (κ3) is 6.53. The molecule has 1 aromatic rings. The molecule has 0 spiro atoms. The molecule has 1 amide bonds. The molecule has 1 aromatic carbocycles. The zero-order valence-corrected chi connectivity index (χ0v) is 17.7. The standard InChI is InChI=1S/C21H25NO9/c1-12(23)28-11-17-19(30-14(3)25)20(31-15(4)26)18(29-13(2)24)10-22(17)21(27)16-8-6-5-7-9-16/h5-9,17-20H,10-11H2,1-4H3/t17-,18+,19-,20-/m1/s1. The summed E-state index contributed by atoms with van der Waals surface area (Å²) in [5, 5.41) is 0. The number of nitrogens with zero attached hydrogens (tertiary/aromatic N) is 1. The van der Waals surface area contributed by atoms with Crippen molar-refractivity contribution in [2.45, 2.75) is 52.0 Å². The molecule has 10 heteroatoms. The van der Waals surface area contributed by atoms with Gasteiger partial charge in [0, 0.05) is 33.3 Å². The molecule has 2 rings (SSSR count). The number of ether oxygens (including phenoxy) is 4. The fourth-order valence-electron chi connectivity index (χ4n) is 3.40. The minimum Gasteiger partial charge on any atom is -0.464 e. The number of hydrogen-bond acceptors (Lipinski definition) is 9. The van der Waals surface area contributed by atoms with Gasteiger partial charge in [-0.1, -0.05) is 18.2 Å². The summed E-state index contributed by atoms with van der Waals surface area (Å²) >= 11 is 0. The zero-order chi connectivity index (χ0) is 23.1.